The molecule has 1 aliphatic rings. The molecule has 2 aromatic rings. The molecule has 0 unspecified atom stereocenters. The molecule has 0 aromatic carbocycles. The Morgan fingerprint density at radius 2 is 1.86 bits per heavy atom. The highest BCUT2D eigenvalue weighted by Crippen LogP contribution is 2.32. The fourth-order valence-corrected chi connectivity index (χ4v) is 3.57. The van der Waals surface area contributed by atoms with Crippen LogP contribution in [0, 0.1) is 13.8 Å². The van der Waals surface area contributed by atoms with Crippen molar-refractivity contribution >= 4 is 39.2 Å². The van der Waals surface area contributed by atoms with E-state index in [1.54, 1.807) is 11.3 Å². The van der Waals surface area contributed by atoms with Crippen LogP contribution in [0.3, 0.4) is 0 Å². The van der Waals surface area contributed by atoms with Crippen LogP contribution in [0.2, 0.25) is 0 Å². The fourth-order valence-electron chi connectivity index (χ4n) is 2.51. The maximum Gasteiger partial charge on any atom is 0.229 e. The first kappa shape index (κ1) is 13.9. The van der Waals surface area contributed by atoms with Gasteiger partial charge in [0.1, 0.15) is 10.6 Å². The van der Waals surface area contributed by atoms with Crippen molar-refractivity contribution in [3.63, 3.8) is 0 Å². The van der Waals surface area contributed by atoms with Crippen molar-refractivity contribution in [1.29, 1.82) is 0 Å². The largest absolute Gasteiger partial charge is 0.383 e. The van der Waals surface area contributed by atoms with E-state index in [0.717, 1.165) is 20.7 Å². The fraction of sp³-hybridized carbons (Fsp3) is 0.429. The molecule has 0 aliphatic carbocycles. The lowest BCUT2D eigenvalue weighted by molar-refractivity contribution is -0.148. The van der Waals surface area contributed by atoms with Crippen LogP contribution in [0.4, 0.5) is 5.82 Å². The lowest BCUT2D eigenvalue weighted by Crippen LogP contribution is -2.39. The number of imide groups is 1. The molecule has 2 amide bonds. The molecule has 0 spiro atoms. The van der Waals surface area contributed by atoms with Crippen LogP contribution in [-0.4, -0.2) is 26.7 Å². The van der Waals surface area contributed by atoms with Gasteiger partial charge in [-0.05, 0) is 25.8 Å². The standard InChI is InChI=1S/C14H16N4O2S/c1-7-8(2)21-14-12(7)13(15)16-9(17-14)6-18-10(19)4-3-5-11(18)20/h3-6H2,1-2H3,(H2,15,16,17). The number of hydrogen-bond acceptors (Lipinski definition) is 6. The summed E-state index contributed by atoms with van der Waals surface area (Å²) in [5.41, 5.74) is 7.10. The van der Waals surface area contributed by atoms with E-state index in [2.05, 4.69) is 9.97 Å². The average Bonchev–Trinajstić information content (AvgIpc) is 2.70. The second-order valence-electron chi connectivity index (χ2n) is 5.22. The van der Waals surface area contributed by atoms with Gasteiger partial charge in [-0.3, -0.25) is 14.5 Å². The van der Waals surface area contributed by atoms with Crippen LogP contribution < -0.4 is 5.73 Å². The number of anilines is 1. The molecule has 0 radical (unpaired) electrons. The second kappa shape index (κ2) is 5.07. The van der Waals surface area contributed by atoms with Gasteiger partial charge in [0.15, 0.2) is 5.82 Å². The van der Waals surface area contributed by atoms with Gasteiger partial charge in [-0.1, -0.05) is 0 Å². The van der Waals surface area contributed by atoms with Gasteiger partial charge in [0, 0.05) is 17.7 Å². The number of nitrogen functional groups attached to an aromatic ring is 1. The Labute approximate surface area is 126 Å². The van der Waals surface area contributed by atoms with Gasteiger partial charge < -0.3 is 5.73 Å². The summed E-state index contributed by atoms with van der Waals surface area (Å²) >= 11 is 1.55. The van der Waals surface area contributed by atoms with Crippen molar-refractivity contribution in [2.75, 3.05) is 5.73 Å². The lowest BCUT2D eigenvalue weighted by atomic mass is 10.1. The molecule has 7 heteroatoms. The van der Waals surface area contributed by atoms with Crippen molar-refractivity contribution < 1.29 is 9.59 Å². The molecule has 3 heterocycles. The molecule has 1 aliphatic heterocycles. The summed E-state index contributed by atoms with van der Waals surface area (Å²) in [6.07, 6.45) is 1.43. The molecule has 110 valence electrons. The van der Waals surface area contributed by atoms with E-state index >= 15 is 0 Å². The quantitative estimate of drug-likeness (QED) is 0.856. The number of aryl methyl sites for hydroxylation is 2. The van der Waals surface area contributed by atoms with Gasteiger partial charge >= 0.3 is 0 Å². The molecular formula is C14H16N4O2S. The number of thiophene rings is 1. The molecule has 1 fully saturated rings. The number of fused-ring (bicyclic) bond motifs is 1. The minimum Gasteiger partial charge on any atom is -0.383 e. The highest BCUT2D eigenvalue weighted by Gasteiger charge is 2.27. The number of carbonyl (C=O) groups is 2. The predicted molar refractivity (Wildman–Crippen MR) is 80.7 cm³/mol. The topological polar surface area (TPSA) is 89.2 Å². The maximum absolute atomic E-state index is 11.8. The lowest BCUT2D eigenvalue weighted by Gasteiger charge is -2.24. The van der Waals surface area contributed by atoms with E-state index in [0.29, 0.717) is 30.9 Å². The van der Waals surface area contributed by atoms with Crippen LogP contribution in [0.25, 0.3) is 10.2 Å². The zero-order chi connectivity index (χ0) is 15.1. The van der Waals surface area contributed by atoms with Crippen LogP contribution in [0.1, 0.15) is 35.5 Å². The number of likely N-dealkylation sites (tertiary alicyclic amines) is 1. The van der Waals surface area contributed by atoms with Crippen molar-refractivity contribution in [2.24, 2.45) is 0 Å². The van der Waals surface area contributed by atoms with E-state index in [1.807, 2.05) is 13.8 Å². The van der Waals surface area contributed by atoms with Gasteiger partial charge in [0.25, 0.3) is 0 Å². The molecule has 6 nitrogen and oxygen atoms in total. The van der Waals surface area contributed by atoms with E-state index in [9.17, 15) is 9.59 Å². The van der Waals surface area contributed by atoms with Crippen molar-refractivity contribution in [1.82, 2.24) is 14.9 Å². The normalized spacial score (nSPS) is 16.0. The minimum absolute atomic E-state index is 0.105. The molecule has 21 heavy (non-hydrogen) atoms. The highest BCUT2D eigenvalue weighted by atomic mass is 32.1. The second-order valence-corrected chi connectivity index (χ2v) is 6.42. The van der Waals surface area contributed by atoms with Gasteiger partial charge in [-0.15, -0.1) is 11.3 Å². The number of aromatic nitrogens is 2. The van der Waals surface area contributed by atoms with Gasteiger partial charge in [-0.25, -0.2) is 9.97 Å². The van der Waals surface area contributed by atoms with Crippen LogP contribution >= 0.6 is 11.3 Å². The SMILES string of the molecule is Cc1sc2nc(CN3C(=O)CCCC3=O)nc(N)c2c1C. The van der Waals surface area contributed by atoms with Crippen LogP contribution in [0.5, 0.6) is 0 Å². The summed E-state index contributed by atoms with van der Waals surface area (Å²) in [7, 11) is 0. The first-order valence-corrected chi connectivity index (χ1v) is 7.64. The molecule has 1 saturated heterocycles. The smallest absolute Gasteiger partial charge is 0.229 e. The van der Waals surface area contributed by atoms with Crippen molar-refractivity contribution in [2.45, 2.75) is 39.7 Å². The molecular weight excluding hydrogens is 288 g/mol. The monoisotopic (exact) mass is 304 g/mol. The average molecular weight is 304 g/mol. The van der Waals surface area contributed by atoms with Gasteiger partial charge in [0.05, 0.1) is 11.9 Å². The summed E-state index contributed by atoms with van der Waals surface area (Å²) in [6.45, 7) is 4.11. The summed E-state index contributed by atoms with van der Waals surface area (Å²) in [6, 6.07) is 0. The summed E-state index contributed by atoms with van der Waals surface area (Å²) in [4.78, 5) is 35.6. The molecule has 2 N–H and O–H groups in total. The van der Waals surface area contributed by atoms with Gasteiger partial charge in [-0.2, -0.15) is 0 Å². The molecule has 0 atom stereocenters. The van der Waals surface area contributed by atoms with E-state index in [1.165, 1.54) is 4.90 Å². The first-order chi connectivity index (χ1) is 9.97. The predicted octanol–water partition coefficient (Wildman–Crippen LogP) is 1.93. The van der Waals surface area contributed by atoms with Crippen LogP contribution in [-0.2, 0) is 16.1 Å². The zero-order valence-corrected chi connectivity index (χ0v) is 12.8. The van der Waals surface area contributed by atoms with Crippen molar-refractivity contribution in [3.05, 3.63) is 16.3 Å². The van der Waals surface area contributed by atoms with Gasteiger partial charge in [0.2, 0.25) is 11.8 Å². The third kappa shape index (κ3) is 2.37. The number of amides is 2. The molecule has 0 saturated carbocycles. The Kier molecular flexibility index (Phi) is 3.36. The Bertz CT molecular complexity index is 737. The Hall–Kier alpha value is -2.02. The van der Waals surface area contributed by atoms with E-state index in [-0.39, 0.29) is 18.4 Å². The van der Waals surface area contributed by atoms with E-state index in [4.69, 9.17) is 5.73 Å². The summed E-state index contributed by atoms with van der Waals surface area (Å²) in [5, 5.41) is 0.873. The molecule has 0 bridgehead atoms. The third-order valence-electron chi connectivity index (χ3n) is 3.79. The number of carbonyl (C=O) groups excluding carboxylic acids is 2. The Morgan fingerprint density at radius 1 is 1.19 bits per heavy atom. The maximum atomic E-state index is 11.8. The molecule has 2 aromatic heterocycles. The van der Waals surface area contributed by atoms with Crippen LogP contribution in [0.15, 0.2) is 0 Å². The number of hydrogen-bond donors (Lipinski definition) is 1. The zero-order valence-electron chi connectivity index (χ0n) is 12.0. The third-order valence-corrected chi connectivity index (χ3v) is 4.89. The number of nitrogens with zero attached hydrogens (tertiary/aromatic N) is 3. The molecule has 3 rings (SSSR count). The van der Waals surface area contributed by atoms with Crippen molar-refractivity contribution in [3.8, 4) is 0 Å². The Morgan fingerprint density at radius 3 is 2.52 bits per heavy atom. The van der Waals surface area contributed by atoms with E-state index < -0.39 is 0 Å². The number of nitrogens with two attached hydrogens (primary N) is 1. The Balaban J connectivity index is 1.98. The number of rotatable bonds is 2. The first-order valence-electron chi connectivity index (χ1n) is 6.82. The summed E-state index contributed by atoms with van der Waals surface area (Å²) in [5.74, 6) is 0.512. The number of piperidine rings is 1. The summed E-state index contributed by atoms with van der Waals surface area (Å²) < 4.78 is 0. The minimum atomic E-state index is -0.160. The highest BCUT2D eigenvalue weighted by molar-refractivity contribution is 7.18.